The van der Waals surface area contributed by atoms with E-state index < -0.39 is 27.4 Å². The van der Waals surface area contributed by atoms with Crippen molar-refractivity contribution in [2.75, 3.05) is 16.9 Å². The van der Waals surface area contributed by atoms with Crippen LogP contribution in [0, 0.1) is 6.92 Å². The first-order valence-electron chi connectivity index (χ1n) is 13.7. The zero-order valence-electron chi connectivity index (χ0n) is 26.5. The van der Waals surface area contributed by atoms with E-state index in [-0.39, 0.29) is 86.8 Å². The van der Waals surface area contributed by atoms with Crippen LogP contribution >= 0.6 is 0 Å². The number of hydrogen-bond donors (Lipinski definition) is 3. The Morgan fingerprint density at radius 3 is 1.90 bits per heavy atom. The molecule has 0 fully saturated rings. The molecule has 0 heterocycles. The zero-order valence-corrected chi connectivity index (χ0v) is 31.3. The average Bonchev–Trinajstić information content (AvgIpc) is 3.05. The molecule has 236 valence electrons. The largest absolute Gasteiger partial charge is 1.00 e. The first-order valence-corrected chi connectivity index (χ1v) is 15.1. The monoisotopic (exact) mass is 694 g/mol. The zero-order chi connectivity index (χ0) is 33.7. The van der Waals surface area contributed by atoms with Gasteiger partial charge in [0.05, 0.1) is 45.0 Å². The topological polar surface area (TPSA) is 240 Å². The molecule has 0 bridgehead atoms. The molecule has 14 nitrogen and oxygen atoms in total. The SMILES string of the molecule is Cc1cc(N=Nc2ccc(S(=O)(=O)[O-])cc2)c(N)c(N=Nc2ccc(-c3ccc(N/N=C4\C=CC(=O)C(C(=O)[O-])=C4)cc3)cc2)c1N.[Na+].[Na+]. The fourth-order valence-electron chi connectivity index (χ4n) is 4.24. The fourth-order valence-corrected chi connectivity index (χ4v) is 4.71. The van der Waals surface area contributed by atoms with Gasteiger partial charge in [0.15, 0.2) is 5.78 Å². The van der Waals surface area contributed by atoms with Gasteiger partial charge in [-0.2, -0.15) is 15.3 Å². The number of azo groups is 2. The van der Waals surface area contributed by atoms with Gasteiger partial charge in [-0.15, -0.1) is 10.2 Å². The Balaban J connectivity index is 0.00000325. The van der Waals surface area contributed by atoms with E-state index in [0.717, 1.165) is 35.4 Å². The molecule has 5 N–H and O–H groups in total. The average molecular weight is 695 g/mol. The van der Waals surface area contributed by atoms with Gasteiger partial charge in [0, 0.05) is 5.57 Å². The van der Waals surface area contributed by atoms with Gasteiger partial charge in [0.25, 0.3) is 0 Å². The van der Waals surface area contributed by atoms with Gasteiger partial charge in [0.1, 0.15) is 21.5 Å². The summed E-state index contributed by atoms with van der Waals surface area (Å²) in [7, 11) is -4.58. The van der Waals surface area contributed by atoms with E-state index in [9.17, 15) is 27.7 Å². The predicted octanol–water partition coefficient (Wildman–Crippen LogP) is -0.848. The second kappa shape index (κ2) is 16.9. The number of aliphatic carboxylic acids is 1. The number of allylic oxidation sites excluding steroid dienone is 3. The van der Waals surface area contributed by atoms with Crippen LogP contribution in [0.2, 0.25) is 0 Å². The van der Waals surface area contributed by atoms with Crippen LogP contribution in [-0.2, 0) is 19.7 Å². The first kappa shape index (κ1) is 39.1. The number of anilines is 3. The summed E-state index contributed by atoms with van der Waals surface area (Å²) >= 11 is 0. The van der Waals surface area contributed by atoms with Crippen molar-refractivity contribution in [3.63, 3.8) is 0 Å². The van der Waals surface area contributed by atoms with E-state index in [2.05, 4.69) is 31.0 Å². The van der Waals surface area contributed by atoms with Crippen LogP contribution in [0.5, 0.6) is 0 Å². The normalized spacial score (nSPS) is 13.6. The van der Waals surface area contributed by atoms with E-state index in [0.29, 0.717) is 28.3 Å². The molecule has 0 aromatic heterocycles. The van der Waals surface area contributed by atoms with E-state index in [4.69, 9.17) is 11.5 Å². The predicted molar refractivity (Wildman–Crippen MR) is 173 cm³/mol. The van der Waals surface area contributed by atoms with Crippen LogP contribution in [-0.4, -0.2) is 30.4 Å². The standard InChI is InChI=1S/C32H26N8O6S.2Na/c1-18-16-27(39-36-23-10-13-25(14-11-23)47(44,45)46)30(34)31(29(18)33)40-37-22-8-4-20(5-9-22)19-2-6-21(7-3-19)35-38-24-12-15-28(41)26(17-24)32(42)43;;/h2-17,35H,33-34H2,1H3,(H,42,43)(H,44,45,46);;/q;2*+1/p-2/b38-24+,39-36?,40-37?;;. The Hall–Kier alpha value is -4.32. The molecule has 0 amide bonds. The summed E-state index contributed by atoms with van der Waals surface area (Å²) in [5, 5.41) is 31.9. The smallest absolute Gasteiger partial charge is 0.744 e. The third kappa shape index (κ3) is 9.87. The van der Waals surface area contributed by atoms with E-state index in [1.807, 2.05) is 24.3 Å². The summed E-state index contributed by atoms with van der Waals surface area (Å²) in [6.45, 7) is 1.75. The minimum Gasteiger partial charge on any atom is -0.744 e. The molecule has 0 atom stereocenters. The summed E-state index contributed by atoms with van der Waals surface area (Å²) in [4.78, 5) is 22.3. The maximum Gasteiger partial charge on any atom is 1.00 e. The van der Waals surface area contributed by atoms with Crippen LogP contribution in [0.4, 0.5) is 39.8 Å². The summed E-state index contributed by atoms with van der Waals surface area (Å²) < 4.78 is 33.4. The van der Waals surface area contributed by atoms with Gasteiger partial charge in [-0.05, 0) is 96.4 Å². The number of benzene rings is 4. The molecule has 0 saturated heterocycles. The van der Waals surface area contributed by atoms with Crippen LogP contribution in [0.15, 0.2) is 133 Å². The van der Waals surface area contributed by atoms with E-state index in [1.165, 1.54) is 18.2 Å². The number of nitrogens with two attached hydrogens (primary N) is 2. The molecule has 0 radical (unpaired) electrons. The van der Waals surface area contributed by atoms with Gasteiger partial charge >= 0.3 is 59.1 Å². The second-order valence-corrected chi connectivity index (χ2v) is 11.4. The van der Waals surface area contributed by atoms with Crippen molar-refractivity contribution in [1.82, 2.24) is 0 Å². The van der Waals surface area contributed by atoms with Crippen LogP contribution in [0.1, 0.15) is 5.56 Å². The van der Waals surface area contributed by atoms with Crippen molar-refractivity contribution in [3.8, 4) is 11.1 Å². The Morgan fingerprint density at radius 1 is 0.776 bits per heavy atom. The molecular weight excluding hydrogens is 670 g/mol. The molecule has 4 aromatic rings. The molecule has 17 heteroatoms. The van der Waals surface area contributed by atoms with E-state index in [1.54, 1.807) is 37.3 Å². The second-order valence-electron chi connectivity index (χ2n) is 10.1. The Kier molecular flexibility index (Phi) is 13.5. The molecule has 5 rings (SSSR count). The number of nitrogens with zero attached hydrogens (tertiary/aromatic N) is 5. The van der Waals surface area contributed by atoms with Gasteiger partial charge in [-0.25, -0.2) is 8.42 Å². The number of carbonyl (C=O) groups is 2. The van der Waals surface area contributed by atoms with Crippen molar-refractivity contribution < 1.29 is 86.8 Å². The molecular formula is C32H24N8Na2O6S. The summed E-state index contributed by atoms with van der Waals surface area (Å²) in [5.74, 6) is -2.21. The van der Waals surface area contributed by atoms with Crippen molar-refractivity contribution in [2.24, 2.45) is 25.6 Å². The number of carboxylic acids is 1. The number of carboxylic acid groups (broad SMARTS) is 1. The Morgan fingerprint density at radius 2 is 1.33 bits per heavy atom. The molecule has 49 heavy (non-hydrogen) atoms. The summed E-state index contributed by atoms with van der Waals surface area (Å²) in [6, 6.07) is 21.2. The first-order chi connectivity index (χ1) is 22.4. The van der Waals surface area contributed by atoms with E-state index >= 15 is 0 Å². The molecule has 0 aliphatic heterocycles. The number of rotatable bonds is 9. The van der Waals surface area contributed by atoms with Gasteiger partial charge in [-0.1, -0.05) is 24.3 Å². The number of hydrazone groups is 1. The summed E-state index contributed by atoms with van der Waals surface area (Å²) in [5.41, 5.74) is 20.0. The maximum atomic E-state index is 11.6. The van der Waals surface area contributed by atoms with Crippen molar-refractivity contribution in [1.29, 1.82) is 0 Å². The van der Waals surface area contributed by atoms with Crippen LogP contribution < -0.4 is 81.1 Å². The molecule has 1 aliphatic rings. The van der Waals surface area contributed by atoms with Crippen LogP contribution in [0.25, 0.3) is 11.1 Å². The number of carbonyl (C=O) groups excluding carboxylic acids is 2. The number of aryl methyl sites for hydroxylation is 1. The minimum atomic E-state index is -4.58. The molecule has 0 saturated carbocycles. The quantitative estimate of drug-likeness (QED) is 0.0376. The third-order valence-electron chi connectivity index (χ3n) is 6.81. The maximum absolute atomic E-state index is 11.6. The van der Waals surface area contributed by atoms with Crippen LogP contribution in [0.3, 0.4) is 0 Å². The van der Waals surface area contributed by atoms with Crippen molar-refractivity contribution in [3.05, 3.63) is 108 Å². The Bertz CT molecular complexity index is 2150. The van der Waals surface area contributed by atoms with Crippen molar-refractivity contribution in [2.45, 2.75) is 11.8 Å². The third-order valence-corrected chi connectivity index (χ3v) is 7.66. The fraction of sp³-hybridized carbons (Fsp3) is 0.0312. The van der Waals surface area contributed by atoms with Gasteiger partial charge in [-0.3, -0.25) is 10.2 Å². The number of ketones is 1. The molecule has 4 aromatic carbocycles. The number of nitrogens with one attached hydrogen (secondary N) is 1. The van der Waals surface area contributed by atoms with Crippen molar-refractivity contribution >= 4 is 67.4 Å². The van der Waals surface area contributed by atoms with Gasteiger partial charge in [0.2, 0.25) is 0 Å². The number of hydrogen-bond acceptors (Lipinski definition) is 14. The molecule has 0 spiro atoms. The number of nitrogen functional groups attached to an aromatic ring is 2. The Labute approximate surface area is 325 Å². The summed E-state index contributed by atoms with van der Waals surface area (Å²) in [6.07, 6.45) is 3.66. The molecule has 0 unspecified atom stereocenters. The van der Waals surface area contributed by atoms with Gasteiger partial charge < -0.3 is 25.9 Å². The molecule has 1 aliphatic carbocycles. The minimum absolute atomic E-state index is 0.